The van der Waals surface area contributed by atoms with E-state index in [4.69, 9.17) is 4.74 Å². The zero-order valence-corrected chi connectivity index (χ0v) is 14.8. The molecule has 0 bridgehead atoms. The Labute approximate surface area is 145 Å². The second kappa shape index (κ2) is 7.99. The molecule has 2 heterocycles. The van der Waals surface area contributed by atoms with Crippen LogP contribution in [0.15, 0.2) is 24.3 Å². The Bertz CT molecular complexity index is 547. The molecule has 3 rings (SSSR count). The fourth-order valence-corrected chi connectivity index (χ4v) is 3.97. The fraction of sp³-hybridized carbons (Fsp3) is 0.632. The minimum Gasteiger partial charge on any atom is -0.378 e. The third kappa shape index (κ3) is 4.48. The number of benzene rings is 1. The van der Waals surface area contributed by atoms with Gasteiger partial charge in [-0.1, -0.05) is 26.0 Å². The number of amides is 1. The minimum absolute atomic E-state index is 0.0806. The van der Waals surface area contributed by atoms with Crippen LogP contribution in [-0.4, -0.2) is 56.7 Å². The topological polar surface area (TPSA) is 44.8 Å². The molecule has 0 aromatic heterocycles. The molecule has 2 aliphatic rings. The highest BCUT2D eigenvalue weighted by Crippen LogP contribution is 2.26. The van der Waals surface area contributed by atoms with Gasteiger partial charge in [-0.25, -0.2) is 0 Å². The number of piperidine rings is 1. The van der Waals surface area contributed by atoms with Gasteiger partial charge in [0.15, 0.2) is 0 Å². The highest BCUT2D eigenvalue weighted by Gasteiger charge is 2.23. The van der Waals surface area contributed by atoms with E-state index in [2.05, 4.69) is 35.0 Å². The van der Waals surface area contributed by atoms with Crippen molar-refractivity contribution in [1.82, 2.24) is 4.90 Å². The molecule has 1 N–H and O–H groups in total. The lowest BCUT2D eigenvalue weighted by molar-refractivity contribution is -0.117. The van der Waals surface area contributed by atoms with Crippen LogP contribution < -0.4 is 10.2 Å². The summed E-state index contributed by atoms with van der Waals surface area (Å²) in [5.41, 5.74) is 2.00. The number of rotatable bonds is 4. The lowest BCUT2D eigenvalue weighted by Crippen LogP contribution is -2.43. The van der Waals surface area contributed by atoms with E-state index in [1.54, 1.807) is 0 Å². The summed E-state index contributed by atoms with van der Waals surface area (Å²) in [4.78, 5) is 17.1. The second-order valence-electron chi connectivity index (χ2n) is 7.30. The van der Waals surface area contributed by atoms with Gasteiger partial charge in [0.1, 0.15) is 0 Å². The average Bonchev–Trinajstić information content (AvgIpc) is 2.55. The summed E-state index contributed by atoms with van der Waals surface area (Å²) in [6.07, 6.45) is 1.26. The molecular weight excluding hydrogens is 302 g/mol. The van der Waals surface area contributed by atoms with E-state index in [0.717, 1.165) is 50.8 Å². The smallest absolute Gasteiger partial charge is 0.238 e. The molecule has 1 aromatic carbocycles. The lowest BCUT2D eigenvalue weighted by Gasteiger charge is -2.34. The SMILES string of the molecule is C[C@H]1C[C@H](C)CN(CC(=O)Nc2ccccc2N2CCOCC2)C1. The van der Waals surface area contributed by atoms with Crippen molar-refractivity contribution >= 4 is 17.3 Å². The first kappa shape index (κ1) is 17.2. The van der Waals surface area contributed by atoms with Crippen LogP contribution in [-0.2, 0) is 9.53 Å². The van der Waals surface area contributed by atoms with Crippen molar-refractivity contribution in [1.29, 1.82) is 0 Å². The Kier molecular flexibility index (Phi) is 5.74. The molecule has 132 valence electrons. The van der Waals surface area contributed by atoms with Crippen molar-refractivity contribution in [2.24, 2.45) is 11.8 Å². The third-order valence-electron chi connectivity index (χ3n) is 4.84. The van der Waals surface area contributed by atoms with Crippen LogP contribution in [0, 0.1) is 11.8 Å². The summed E-state index contributed by atoms with van der Waals surface area (Å²) < 4.78 is 5.43. The van der Waals surface area contributed by atoms with E-state index < -0.39 is 0 Å². The normalized spacial score (nSPS) is 25.5. The van der Waals surface area contributed by atoms with Gasteiger partial charge < -0.3 is 15.0 Å². The summed E-state index contributed by atoms with van der Waals surface area (Å²) in [5, 5.41) is 3.12. The molecule has 5 heteroatoms. The van der Waals surface area contributed by atoms with Crippen molar-refractivity contribution in [3.8, 4) is 0 Å². The maximum Gasteiger partial charge on any atom is 0.238 e. The zero-order valence-electron chi connectivity index (χ0n) is 14.8. The molecule has 2 aliphatic heterocycles. The number of hydrogen-bond donors (Lipinski definition) is 1. The molecule has 1 aromatic rings. The summed E-state index contributed by atoms with van der Waals surface area (Å²) >= 11 is 0. The predicted octanol–water partition coefficient (Wildman–Crippen LogP) is 2.44. The number of anilines is 2. The number of morpholine rings is 1. The maximum atomic E-state index is 12.5. The standard InChI is InChI=1S/C19H29N3O2/c1-15-11-16(2)13-21(12-15)14-19(23)20-17-5-3-4-6-18(17)22-7-9-24-10-8-22/h3-6,15-16H,7-14H2,1-2H3,(H,20,23)/t15-,16-/m0/s1. The maximum absolute atomic E-state index is 12.5. The van der Waals surface area contributed by atoms with E-state index in [1.165, 1.54) is 6.42 Å². The molecule has 0 saturated carbocycles. The van der Waals surface area contributed by atoms with Crippen LogP contribution >= 0.6 is 0 Å². The quantitative estimate of drug-likeness (QED) is 0.920. The Hall–Kier alpha value is -1.59. The van der Waals surface area contributed by atoms with E-state index in [9.17, 15) is 4.79 Å². The number of likely N-dealkylation sites (tertiary alicyclic amines) is 1. The van der Waals surface area contributed by atoms with Gasteiger partial charge in [-0.05, 0) is 30.4 Å². The zero-order chi connectivity index (χ0) is 16.9. The Morgan fingerprint density at radius 2 is 1.83 bits per heavy atom. The Morgan fingerprint density at radius 1 is 1.17 bits per heavy atom. The second-order valence-corrected chi connectivity index (χ2v) is 7.30. The van der Waals surface area contributed by atoms with E-state index in [-0.39, 0.29) is 5.91 Å². The molecule has 0 spiro atoms. The monoisotopic (exact) mass is 331 g/mol. The van der Waals surface area contributed by atoms with Gasteiger partial charge in [-0.3, -0.25) is 9.69 Å². The Balaban J connectivity index is 1.62. The predicted molar refractivity (Wildman–Crippen MR) is 97.5 cm³/mol. The number of nitrogens with one attached hydrogen (secondary N) is 1. The first-order valence-corrected chi connectivity index (χ1v) is 9.05. The third-order valence-corrected chi connectivity index (χ3v) is 4.84. The van der Waals surface area contributed by atoms with Gasteiger partial charge in [0.2, 0.25) is 5.91 Å². The molecule has 1 amide bonds. The molecule has 2 saturated heterocycles. The van der Waals surface area contributed by atoms with Crippen molar-refractivity contribution in [2.45, 2.75) is 20.3 Å². The summed E-state index contributed by atoms with van der Waals surface area (Å²) in [7, 11) is 0. The minimum atomic E-state index is 0.0806. The number of nitrogens with zero attached hydrogens (tertiary/aromatic N) is 2. The van der Waals surface area contributed by atoms with Crippen molar-refractivity contribution in [2.75, 3.05) is 56.2 Å². The molecule has 0 radical (unpaired) electrons. The van der Waals surface area contributed by atoms with Gasteiger partial charge in [0.05, 0.1) is 31.1 Å². The fourth-order valence-electron chi connectivity index (χ4n) is 3.97. The van der Waals surface area contributed by atoms with Crippen LogP contribution in [0.2, 0.25) is 0 Å². The largest absolute Gasteiger partial charge is 0.378 e. The number of ether oxygens (including phenoxy) is 1. The molecule has 5 nitrogen and oxygen atoms in total. The van der Waals surface area contributed by atoms with Gasteiger partial charge in [-0.2, -0.15) is 0 Å². The molecule has 0 unspecified atom stereocenters. The van der Waals surface area contributed by atoms with Crippen molar-refractivity contribution < 1.29 is 9.53 Å². The Morgan fingerprint density at radius 3 is 2.54 bits per heavy atom. The molecule has 0 aliphatic carbocycles. The molecule has 2 fully saturated rings. The highest BCUT2D eigenvalue weighted by molar-refractivity contribution is 5.95. The number of hydrogen-bond acceptors (Lipinski definition) is 4. The van der Waals surface area contributed by atoms with Gasteiger partial charge in [0, 0.05) is 26.2 Å². The van der Waals surface area contributed by atoms with Crippen LogP contribution in [0.3, 0.4) is 0 Å². The average molecular weight is 331 g/mol. The number of para-hydroxylation sites is 2. The highest BCUT2D eigenvalue weighted by atomic mass is 16.5. The summed E-state index contributed by atoms with van der Waals surface area (Å²) in [6, 6.07) is 8.06. The van der Waals surface area contributed by atoms with Gasteiger partial charge in [0.25, 0.3) is 0 Å². The number of carbonyl (C=O) groups is 1. The lowest BCUT2D eigenvalue weighted by atomic mass is 9.92. The van der Waals surface area contributed by atoms with Crippen molar-refractivity contribution in [3.05, 3.63) is 24.3 Å². The summed E-state index contributed by atoms with van der Waals surface area (Å²) in [6.45, 7) is 10.3. The van der Waals surface area contributed by atoms with Crippen LogP contribution in [0.5, 0.6) is 0 Å². The summed E-state index contributed by atoms with van der Waals surface area (Å²) in [5.74, 6) is 1.42. The van der Waals surface area contributed by atoms with Gasteiger partial charge >= 0.3 is 0 Å². The van der Waals surface area contributed by atoms with E-state index in [0.29, 0.717) is 18.4 Å². The van der Waals surface area contributed by atoms with Crippen LogP contribution in [0.25, 0.3) is 0 Å². The first-order valence-electron chi connectivity index (χ1n) is 9.05. The number of carbonyl (C=O) groups excluding carboxylic acids is 1. The van der Waals surface area contributed by atoms with Crippen LogP contribution in [0.4, 0.5) is 11.4 Å². The van der Waals surface area contributed by atoms with E-state index in [1.807, 2.05) is 18.2 Å². The van der Waals surface area contributed by atoms with E-state index >= 15 is 0 Å². The first-order chi connectivity index (χ1) is 11.6. The molecule has 24 heavy (non-hydrogen) atoms. The molecule has 2 atom stereocenters. The molecular formula is C19H29N3O2. The van der Waals surface area contributed by atoms with Crippen molar-refractivity contribution in [3.63, 3.8) is 0 Å². The van der Waals surface area contributed by atoms with Crippen LogP contribution in [0.1, 0.15) is 20.3 Å². The van der Waals surface area contributed by atoms with Gasteiger partial charge in [-0.15, -0.1) is 0 Å².